The molecule has 0 saturated heterocycles. The predicted octanol–water partition coefficient (Wildman–Crippen LogP) is 5.02. The van der Waals surface area contributed by atoms with Crippen molar-refractivity contribution in [1.82, 2.24) is 19.6 Å². The van der Waals surface area contributed by atoms with E-state index in [1.807, 2.05) is 0 Å². The maximum atomic E-state index is 11.6. The second-order valence-corrected chi connectivity index (χ2v) is 17.1. The monoisotopic (exact) mass is 682 g/mol. The molecule has 0 bridgehead atoms. The van der Waals surface area contributed by atoms with Gasteiger partial charge in [0.1, 0.15) is 0 Å². The third-order valence-corrected chi connectivity index (χ3v) is 7.53. The van der Waals surface area contributed by atoms with Crippen LogP contribution in [0.1, 0.15) is 73.6 Å². The van der Waals surface area contributed by atoms with Crippen molar-refractivity contribution >= 4 is 62.5 Å². The topological polar surface area (TPSA) is 150 Å². The van der Waals surface area contributed by atoms with Crippen molar-refractivity contribution in [1.29, 1.82) is 0 Å². The number of nitrogens with zero attached hydrogens (tertiary/aromatic N) is 3. The number of esters is 2. The third-order valence-electron chi connectivity index (χ3n) is 7.23. The van der Waals surface area contributed by atoms with Gasteiger partial charge in [-0.05, 0) is 116 Å². The van der Waals surface area contributed by atoms with Crippen molar-refractivity contribution < 1.29 is 18.9 Å². The maximum absolute atomic E-state index is 11.6. The number of H-pyrrole nitrogens is 1. The smallest absolute Gasteiger partial charge is 0.342 e. The average Bonchev–Trinajstić information content (AvgIpc) is 3.23. The average molecular weight is 684 g/mol. The Kier molecular flexibility index (Phi) is 12.3. The molecule has 16 heteroatoms. The van der Waals surface area contributed by atoms with E-state index < -0.39 is 17.1 Å². The van der Waals surface area contributed by atoms with Crippen LogP contribution < -0.4 is 16.7 Å². The molecule has 0 atom stereocenters. The minimum Gasteiger partial charge on any atom is -0.386 e. The molecule has 42 heavy (non-hydrogen) atoms. The number of nitrogens with one attached hydrogen (secondary N) is 1. The fraction of sp³-hybridized carbons (Fsp3) is 0.538. The molecule has 0 radical (unpaired) electrons. The highest BCUT2D eigenvalue weighted by molar-refractivity contribution is 8.24. The van der Waals surface area contributed by atoms with Gasteiger partial charge in [-0.2, -0.15) is 5.10 Å². The molecule has 1 N–H and O–H groups in total. The molecule has 0 amide bonds. The molecule has 0 unspecified atom stereocenters. The van der Waals surface area contributed by atoms with E-state index in [4.69, 9.17) is 11.6 Å². The van der Waals surface area contributed by atoms with Crippen molar-refractivity contribution in [3.8, 4) is 0 Å². The summed E-state index contributed by atoms with van der Waals surface area (Å²) in [7, 11) is 3.22. The highest BCUT2D eigenvalue weighted by Crippen LogP contribution is 2.61. The Morgan fingerprint density at radius 1 is 0.690 bits per heavy atom. The fourth-order valence-corrected chi connectivity index (χ4v) is 5.55. The zero-order valence-electron chi connectivity index (χ0n) is 23.1. The van der Waals surface area contributed by atoms with Crippen LogP contribution in [0.2, 0.25) is 5.15 Å². The molecule has 2 aromatic rings. The molecular formula is C26H31Cl4N4O7P. The lowest BCUT2D eigenvalue weighted by atomic mass is 9.93. The highest BCUT2D eigenvalue weighted by atomic mass is 36.0. The zero-order valence-corrected chi connectivity index (χ0v) is 27.1. The molecular weight excluding hydrogens is 653 g/mol. The van der Waals surface area contributed by atoms with Crippen LogP contribution in [-0.2, 0) is 58.7 Å². The second kappa shape index (κ2) is 15.0. The number of hydrogen-bond acceptors (Lipinski definition) is 8. The second-order valence-electron chi connectivity index (χ2n) is 10.1. The standard InChI is InChI=1S/C9H11ClN2O.C9H12N2O2.C8H8O3.Cl3OP/c1-12-9(13)7-5-3-2-4-6(7)8(10)11-12;1-11-9(13)7-5-3-2-4-6(7)8(12)10-11;9-7-5-3-1-2-4-6(5)8(10)11-7;1-5(2,3)4/h2-5H2,1H3;2-5H2,1H3,(H,10,12);1-4H2;. The Hall–Kier alpha value is -2.17. The summed E-state index contributed by atoms with van der Waals surface area (Å²) in [6.07, 6.45) is 10.9. The van der Waals surface area contributed by atoms with Gasteiger partial charge in [-0.15, -0.1) is 0 Å². The van der Waals surface area contributed by atoms with Crippen LogP contribution in [0.3, 0.4) is 0 Å². The lowest BCUT2D eigenvalue weighted by Crippen LogP contribution is -2.35. The van der Waals surface area contributed by atoms with Crippen LogP contribution in [0.15, 0.2) is 25.5 Å². The number of aryl methyl sites for hydroxylation is 2. The van der Waals surface area contributed by atoms with Gasteiger partial charge in [-0.1, -0.05) is 11.6 Å². The van der Waals surface area contributed by atoms with E-state index in [0.29, 0.717) is 21.9 Å². The van der Waals surface area contributed by atoms with Gasteiger partial charge < -0.3 is 4.74 Å². The number of hydrogen-bond donors (Lipinski definition) is 1. The first-order chi connectivity index (χ1) is 19.7. The molecule has 3 heterocycles. The minimum absolute atomic E-state index is 0.0131. The summed E-state index contributed by atoms with van der Waals surface area (Å²) in [6.45, 7) is 0. The first-order valence-electron chi connectivity index (χ1n) is 13.4. The van der Waals surface area contributed by atoms with Crippen molar-refractivity contribution in [3.63, 3.8) is 0 Å². The van der Waals surface area contributed by atoms with Crippen molar-refractivity contribution in [2.24, 2.45) is 14.1 Å². The van der Waals surface area contributed by atoms with Gasteiger partial charge in [0.25, 0.3) is 16.7 Å². The molecule has 0 spiro atoms. The molecule has 0 saturated carbocycles. The van der Waals surface area contributed by atoms with E-state index in [1.165, 1.54) is 9.36 Å². The summed E-state index contributed by atoms with van der Waals surface area (Å²) < 4.78 is 16.6. The Bertz CT molecular complexity index is 1590. The molecule has 230 valence electrons. The molecule has 6 rings (SSSR count). The first-order valence-corrected chi connectivity index (χ1v) is 18.2. The van der Waals surface area contributed by atoms with E-state index in [-0.39, 0.29) is 16.7 Å². The lowest BCUT2D eigenvalue weighted by molar-refractivity contribution is -0.151. The number of aromatic nitrogens is 4. The summed E-state index contributed by atoms with van der Waals surface area (Å²) in [5.74, 6) is -0.825. The molecule has 11 nitrogen and oxygen atoms in total. The van der Waals surface area contributed by atoms with Crippen LogP contribution in [0.25, 0.3) is 0 Å². The molecule has 2 aromatic heterocycles. The summed E-state index contributed by atoms with van der Waals surface area (Å²) >= 11 is 19.8. The van der Waals surface area contributed by atoms with Crippen LogP contribution >= 0.6 is 50.5 Å². The molecule has 3 aliphatic carbocycles. The number of aromatic amines is 1. The normalized spacial score (nSPS) is 17.2. The van der Waals surface area contributed by atoms with E-state index >= 15 is 0 Å². The molecule has 1 aliphatic heterocycles. The van der Waals surface area contributed by atoms with Crippen molar-refractivity contribution in [2.45, 2.75) is 77.0 Å². The molecule has 4 aliphatic rings. The van der Waals surface area contributed by atoms with Crippen LogP contribution in [0.5, 0.6) is 0 Å². The van der Waals surface area contributed by atoms with Gasteiger partial charge in [0, 0.05) is 41.9 Å². The minimum atomic E-state index is -3.22. The summed E-state index contributed by atoms with van der Waals surface area (Å²) in [4.78, 5) is 56.4. The van der Waals surface area contributed by atoms with Crippen molar-refractivity contribution in [3.05, 3.63) is 69.6 Å². The highest BCUT2D eigenvalue weighted by Gasteiger charge is 2.33. The van der Waals surface area contributed by atoms with Gasteiger partial charge in [-0.25, -0.2) is 14.3 Å². The number of carbonyl (C=O) groups excluding carboxylic acids is 2. The maximum Gasteiger partial charge on any atom is 0.342 e. The van der Waals surface area contributed by atoms with Gasteiger partial charge in [0.15, 0.2) is 5.15 Å². The lowest BCUT2D eigenvalue weighted by Gasteiger charge is -2.15. The Balaban J connectivity index is 0.000000161. The summed E-state index contributed by atoms with van der Waals surface area (Å²) in [6, 6.07) is 0. The Morgan fingerprint density at radius 3 is 1.60 bits per heavy atom. The number of halogens is 4. The van der Waals surface area contributed by atoms with Crippen LogP contribution in [0.4, 0.5) is 0 Å². The quantitative estimate of drug-likeness (QED) is 0.231. The Morgan fingerprint density at radius 2 is 1.10 bits per heavy atom. The number of carbonyl (C=O) groups is 2. The van der Waals surface area contributed by atoms with E-state index in [2.05, 4.69) is 48.7 Å². The number of fused-ring (bicyclic) bond motifs is 2. The van der Waals surface area contributed by atoms with Crippen LogP contribution in [-0.4, -0.2) is 31.5 Å². The van der Waals surface area contributed by atoms with Gasteiger partial charge >= 0.3 is 17.1 Å². The SMILES string of the molecule is Cn1[nH]c(=O)c2c(c1=O)CCCC2.Cn1nc(Cl)c2c(c1=O)CCCC2.O=C1OC(=O)C2=C1CCCC2.O=P(Cl)(Cl)Cl. The van der Waals surface area contributed by atoms with E-state index in [9.17, 15) is 28.5 Å². The summed E-state index contributed by atoms with van der Waals surface area (Å²) in [5, 5.41) is 3.75. The van der Waals surface area contributed by atoms with Gasteiger partial charge in [-0.3, -0.25) is 28.7 Å². The number of rotatable bonds is 0. The zero-order chi connectivity index (χ0) is 31.2. The predicted molar refractivity (Wildman–Crippen MR) is 162 cm³/mol. The van der Waals surface area contributed by atoms with E-state index in [1.54, 1.807) is 14.1 Å². The van der Waals surface area contributed by atoms with Gasteiger partial charge in [0.05, 0.1) is 0 Å². The van der Waals surface area contributed by atoms with Gasteiger partial charge in [0.2, 0.25) is 0 Å². The van der Waals surface area contributed by atoms with Crippen molar-refractivity contribution in [2.75, 3.05) is 0 Å². The van der Waals surface area contributed by atoms with E-state index in [0.717, 1.165) is 93.7 Å². The number of cyclic esters (lactones) is 2. The Labute approximate surface area is 260 Å². The molecule has 0 aromatic carbocycles. The molecule has 0 fully saturated rings. The largest absolute Gasteiger partial charge is 0.386 e. The van der Waals surface area contributed by atoms with Crippen LogP contribution in [0, 0.1) is 0 Å². The first kappa shape index (κ1) is 34.3. The third kappa shape index (κ3) is 9.16. The summed E-state index contributed by atoms with van der Waals surface area (Å²) in [5.41, 5.74) is 4.38. The fourth-order valence-electron chi connectivity index (χ4n) is 5.23. The number of ether oxygens (including phenoxy) is 1.